The third kappa shape index (κ3) is 7.87. The van der Waals surface area contributed by atoms with Crippen LogP contribution < -0.4 is 69.3 Å². The van der Waals surface area contributed by atoms with Gasteiger partial charge in [0.15, 0.2) is 0 Å². The van der Waals surface area contributed by atoms with Crippen molar-refractivity contribution in [1.29, 1.82) is 0 Å². The summed E-state index contributed by atoms with van der Waals surface area (Å²) in [5.74, 6) is -2.61. The second-order valence-corrected chi connectivity index (χ2v) is 2.93. The van der Waals surface area contributed by atoms with Crippen molar-refractivity contribution < 1.29 is 78.9 Å². The summed E-state index contributed by atoms with van der Waals surface area (Å²) in [6.45, 7) is 0. The zero-order valence-corrected chi connectivity index (χ0v) is 14.3. The monoisotopic (exact) mass is 262 g/mol. The molecule has 0 aliphatic carbocycles. The first kappa shape index (κ1) is 20.0. The molecule has 0 spiro atoms. The molecule has 0 radical (unpaired) electrons. The van der Waals surface area contributed by atoms with Crippen molar-refractivity contribution in [2.75, 3.05) is 0 Å². The predicted octanol–water partition coefficient (Wildman–Crippen LogP) is -6.78. The Balaban J connectivity index is 0. The number of benzene rings is 1. The van der Waals surface area contributed by atoms with Gasteiger partial charge in [-0.1, -0.05) is 36.4 Å². The largest absolute Gasteiger partial charge is 1.00 e. The van der Waals surface area contributed by atoms with E-state index in [-0.39, 0.29) is 59.1 Å². The van der Waals surface area contributed by atoms with Gasteiger partial charge in [0.05, 0.1) is 11.9 Å². The molecule has 0 amide bonds. The maximum atomic E-state index is 10.2. The van der Waals surface area contributed by atoms with Crippen LogP contribution in [-0.2, 0) is 9.59 Å². The summed E-state index contributed by atoms with van der Waals surface area (Å²) < 4.78 is 0. The van der Waals surface area contributed by atoms with Crippen LogP contribution in [0.15, 0.2) is 36.4 Å². The van der Waals surface area contributed by atoms with Crippen LogP contribution in [0.5, 0.6) is 0 Å². The van der Waals surface area contributed by atoms with E-state index in [4.69, 9.17) is 0 Å². The average molecular weight is 262 g/mol. The van der Waals surface area contributed by atoms with Crippen LogP contribution in [0.1, 0.15) is 11.1 Å². The fourth-order valence-electron chi connectivity index (χ4n) is 1.13. The second kappa shape index (κ2) is 10.6. The van der Waals surface area contributed by atoms with Crippen LogP contribution in [-0.4, -0.2) is 11.9 Å². The Kier molecular flexibility index (Phi) is 11.7. The second-order valence-electron chi connectivity index (χ2n) is 2.93. The number of carboxylic acids is 2. The fraction of sp³-hybridized carbons (Fsp3) is 0. The molecule has 0 aromatic heterocycles. The smallest absolute Gasteiger partial charge is 0.545 e. The molecule has 0 aliphatic heterocycles. The first-order valence-corrected chi connectivity index (χ1v) is 4.47. The molecule has 0 unspecified atom stereocenters. The molecular weight excluding hydrogens is 254 g/mol. The minimum Gasteiger partial charge on any atom is -0.545 e. The topological polar surface area (TPSA) is 80.3 Å². The van der Waals surface area contributed by atoms with Crippen LogP contribution in [0.4, 0.5) is 0 Å². The van der Waals surface area contributed by atoms with Gasteiger partial charge in [0.1, 0.15) is 0 Å². The van der Waals surface area contributed by atoms with Gasteiger partial charge in [0.2, 0.25) is 0 Å². The van der Waals surface area contributed by atoms with Crippen molar-refractivity contribution in [3.63, 3.8) is 0 Å². The Labute approximate surface area is 149 Å². The van der Waals surface area contributed by atoms with Crippen LogP contribution in [0, 0.1) is 0 Å². The van der Waals surface area contributed by atoms with E-state index >= 15 is 0 Å². The molecule has 0 saturated carbocycles. The van der Waals surface area contributed by atoms with E-state index in [1.807, 2.05) is 0 Å². The Bertz CT molecular complexity index is 424. The summed E-state index contributed by atoms with van der Waals surface area (Å²) in [4.78, 5) is 20.5. The van der Waals surface area contributed by atoms with Gasteiger partial charge in [-0.15, -0.1) is 0 Å². The molecule has 1 aromatic carbocycles. The van der Waals surface area contributed by atoms with Gasteiger partial charge < -0.3 is 19.8 Å². The standard InChI is InChI=1S/C12H10O4.2Na/c13-11(14)7-5-9-3-1-2-4-10(9)6-8-12(15)16;;/h1-8H,(H,13,14)(H,15,16);;/q;2*+1/p-2. The van der Waals surface area contributed by atoms with Crippen molar-refractivity contribution in [2.24, 2.45) is 0 Å². The molecule has 82 valence electrons. The minimum absolute atomic E-state index is 0. The number of carboxylic acid groups (broad SMARTS) is 2. The maximum Gasteiger partial charge on any atom is 1.00 e. The SMILES string of the molecule is O=C([O-])C=Cc1ccccc1C=CC(=O)[O-].[Na+].[Na+]. The number of hydrogen-bond donors (Lipinski definition) is 0. The molecule has 1 aromatic rings. The molecule has 0 N–H and O–H groups in total. The Morgan fingerprint density at radius 2 is 1.17 bits per heavy atom. The fourth-order valence-corrected chi connectivity index (χ4v) is 1.13. The number of aliphatic carboxylic acids is 2. The molecule has 4 nitrogen and oxygen atoms in total. The molecule has 0 bridgehead atoms. The molecular formula is C12H8Na2O4. The first-order valence-electron chi connectivity index (χ1n) is 4.47. The molecule has 0 fully saturated rings. The third-order valence-electron chi connectivity index (χ3n) is 1.79. The predicted molar refractivity (Wildman–Crippen MR) is 54.5 cm³/mol. The van der Waals surface area contributed by atoms with E-state index in [9.17, 15) is 19.8 Å². The van der Waals surface area contributed by atoms with Gasteiger partial charge in [-0.25, -0.2) is 0 Å². The van der Waals surface area contributed by atoms with Crippen LogP contribution in [0.2, 0.25) is 0 Å². The van der Waals surface area contributed by atoms with Gasteiger partial charge in [0.25, 0.3) is 0 Å². The molecule has 1 rings (SSSR count). The van der Waals surface area contributed by atoms with Crippen LogP contribution in [0.3, 0.4) is 0 Å². The van der Waals surface area contributed by atoms with Crippen LogP contribution in [0.25, 0.3) is 12.2 Å². The Morgan fingerprint density at radius 3 is 1.44 bits per heavy atom. The van der Waals surface area contributed by atoms with Crippen molar-refractivity contribution in [1.82, 2.24) is 0 Å². The van der Waals surface area contributed by atoms with Crippen molar-refractivity contribution >= 4 is 24.1 Å². The number of carbonyl (C=O) groups excluding carboxylic acids is 2. The van der Waals surface area contributed by atoms with E-state index in [1.54, 1.807) is 24.3 Å². The van der Waals surface area contributed by atoms with E-state index in [0.29, 0.717) is 11.1 Å². The first-order chi connectivity index (χ1) is 7.59. The van der Waals surface area contributed by atoms with E-state index < -0.39 is 11.9 Å². The van der Waals surface area contributed by atoms with Crippen LogP contribution >= 0.6 is 0 Å². The number of carbonyl (C=O) groups is 2. The Hall–Kier alpha value is -0.360. The summed E-state index contributed by atoms with van der Waals surface area (Å²) in [6, 6.07) is 6.75. The van der Waals surface area contributed by atoms with Crippen molar-refractivity contribution in [2.45, 2.75) is 0 Å². The summed E-state index contributed by atoms with van der Waals surface area (Å²) >= 11 is 0. The van der Waals surface area contributed by atoms with E-state index in [2.05, 4.69) is 0 Å². The van der Waals surface area contributed by atoms with Gasteiger partial charge in [-0.3, -0.25) is 0 Å². The zero-order valence-electron chi connectivity index (χ0n) is 10.3. The molecule has 0 saturated heterocycles. The van der Waals surface area contributed by atoms with Gasteiger partial charge in [0, 0.05) is 0 Å². The third-order valence-corrected chi connectivity index (χ3v) is 1.79. The molecule has 0 aliphatic rings. The van der Waals surface area contributed by atoms with E-state index in [0.717, 1.165) is 12.2 Å². The molecule has 0 atom stereocenters. The summed E-state index contributed by atoms with van der Waals surface area (Å²) in [7, 11) is 0. The van der Waals surface area contributed by atoms with Gasteiger partial charge in [-0.2, -0.15) is 0 Å². The Morgan fingerprint density at radius 1 is 0.833 bits per heavy atom. The van der Waals surface area contributed by atoms with Crippen molar-refractivity contribution in [3.8, 4) is 0 Å². The molecule has 18 heavy (non-hydrogen) atoms. The molecule has 0 heterocycles. The molecule has 6 heteroatoms. The normalized spacial score (nSPS) is 9.78. The van der Waals surface area contributed by atoms with Gasteiger partial charge in [-0.05, 0) is 23.3 Å². The summed E-state index contributed by atoms with van der Waals surface area (Å²) in [6.07, 6.45) is 4.44. The summed E-state index contributed by atoms with van der Waals surface area (Å²) in [5, 5.41) is 20.5. The quantitative estimate of drug-likeness (QED) is 0.399. The van der Waals surface area contributed by atoms with Gasteiger partial charge >= 0.3 is 59.1 Å². The minimum atomic E-state index is -1.31. The number of hydrogen-bond acceptors (Lipinski definition) is 4. The zero-order chi connectivity index (χ0) is 12.0. The summed E-state index contributed by atoms with van der Waals surface area (Å²) in [5.41, 5.74) is 1.17. The maximum absolute atomic E-state index is 10.2. The van der Waals surface area contributed by atoms with Crippen molar-refractivity contribution in [3.05, 3.63) is 47.5 Å². The average Bonchev–Trinajstić information content (AvgIpc) is 2.24. The number of rotatable bonds is 4. The van der Waals surface area contributed by atoms with E-state index in [1.165, 1.54) is 12.2 Å².